The van der Waals surface area contributed by atoms with E-state index in [1.165, 1.54) is 33.5 Å². The molecule has 0 saturated carbocycles. The van der Waals surface area contributed by atoms with E-state index in [0.717, 1.165) is 0 Å². The van der Waals surface area contributed by atoms with Crippen molar-refractivity contribution in [2.24, 2.45) is 5.18 Å². The molecule has 0 N–H and O–H groups in total. The molecule has 0 saturated heterocycles. The zero-order valence-electron chi connectivity index (χ0n) is 9.85. The van der Waals surface area contributed by atoms with Crippen molar-refractivity contribution in [3.05, 3.63) is 22.6 Å². The lowest BCUT2D eigenvalue weighted by molar-refractivity contribution is 0.100. The Labute approximate surface area is 98.5 Å². The Morgan fingerprint density at radius 2 is 1.65 bits per heavy atom. The average Bonchev–Trinajstić information content (AvgIpc) is 2.37. The molecule has 1 rings (SSSR count). The summed E-state index contributed by atoms with van der Waals surface area (Å²) in [5, 5.41) is 2.55. The van der Waals surface area contributed by atoms with E-state index in [4.69, 9.17) is 14.2 Å². The van der Waals surface area contributed by atoms with E-state index in [0.29, 0.717) is 22.8 Å². The Kier molecular flexibility index (Phi) is 4.45. The molecule has 1 aromatic rings. The summed E-state index contributed by atoms with van der Waals surface area (Å²) in [6, 6.07) is 2.96. The Morgan fingerprint density at radius 3 is 2.00 bits per heavy atom. The number of ketones is 1. The minimum atomic E-state index is -0.418. The van der Waals surface area contributed by atoms with Crippen molar-refractivity contribution in [3.63, 3.8) is 0 Å². The fourth-order valence-electron chi connectivity index (χ4n) is 1.39. The molecule has 0 aliphatic heterocycles. The van der Waals surface area contributed by atoms with Crippen LogP contribution in [0.4, 0.5) is 0 Å². The van der Waals surface area contributed by atoms with Gasteiger partial charge in [-0.15, -0.1) is 0 Å². The van der Waals surface area contributed by atoms with Crippen LogP contribution in [0.15, 0.2) is 17.3 Å². The molecule has 0 aliphatic carbocycles. The summed E-state index contributed by atoms with van der Waals surface area (Å²) in [4.78, 5) is 21.6. The summed E-state index contributed by atoms with van der Waals surface area (Å²) in [5.41, 5.74) is 0.291. The van der Waals surface area contributed by atoms with Crippen LogP contribution in [0.3, 0.4) is 0 Å². The summed E-state index contributed by atoms with van der Waals surface area (Å²) in [6.07, 6.45) is 0. The molecule has 17 heavy (non-hydrogen) atoms. The van der Waals surface area contributed by atoms with Crippen molar-refractivity contribution in [2.45, 2.75) is 0 Å². The number of carbonyl (C=O) groups excluding carboxylic acids is 1. The first kappa shape index (κ1) is 13.0. The molecule has 0 unspecified atom stereocenters. The van der Waals surface area contributed by atoms with Crippen molar-refractivity contribution in [3.8, 4) is 17.2 Å². The van der Waals surface area contributed by atoms with E-state index in [-0.39, 0.29) is 0 Å². The number of rotatable bonds is 6. The van der Waals surface area contributed by atoms with Crippen LogP contribution >= 0.6 is 0 Å². The Balaban J connectivity index is 3.26. The van der Waals surface area contributed by atoms with Gasteiger partial charge in [-0.05, 0) is 12.1 Å². The number of nitrogens with zero attached hydrogens (tertiary/aromatic N) is 1. The van der Waals surface area contributed by atoms with Gasteiger partial charge in [0.2, 0.25) is 5.75 Å². The van der Waals surface area contributed by atoms with E-state index >= 15 is 0 Å². The van der Waals surface area contributed by atoms with E-state index in [9.17, 15) is 9.70 Å². The predicted molar refractivity (Wildman–Crippen MR) is 61.1 cm³/mol. The molecule has 0 atom stereocenters. The lowest BCUT2D eigenvalue weighted by Crippen LogP contribution is -2.05. The molecule has 6 nitrogen and oxygen atoms in total. The van der Waals surface area contributed by atoms with Gasteiger partial charge in [0.25, 0.3) is 0 Å². The molecule has 0 amide bonds. The zero-order valence-corrected chi connectivity index (χ0v) is 9.85. The third kappa shape index (κ3) is 2.72. The van der Waals surface area contributed by atoms with Crippen LogP contribution in [-0.4, -0.2) is 33.7 Å². The highest BCUT2D eigenvalue weighted by Crippen LogP contribution is 2.38. The lowest BCUT2D eigenvalue weighted by atomic mass is 10.1. The summed E-state index contributed by atoms with van der Waals surface area (Å²) >= 11 is 0. The largest absolute Gasteiger partial charge is 0.493 e. The van der Waals surface area contributed by atoms with Crippen LogP contribution < -0.4 is 14.2 Å². The molecule has 1 aromatic carbocycles. The molecule has 0 fully saturated rings. The minimum Gasteiger partial charge on any atom is -0.493 e. The van der Waals surface area contributed by atoms with Crippen LogP contribution in [0.25, 0.3) is 0 Å². The first-order chi connectivity index (χ1) is 8.17. The van der Waals surface area contributed by atoms with Gasteiger partial charge in [0, 0.05) is 5.56 Å². The lowest BCUT2D eigenvalue weighted by Gasteiger charge is -2.13. The predicted octanol–water partition coefficient (Wildman–Crippen LogP) is 1.66. The highest BCUT2D eigenvalue weighted by molar-refractivity contribution is 5.98. The average molecular weight is 239 g/mol. The highest BCUT2D eigenvalue weighted by Gasteiger charge is 2.16. The molecule has 0 heterocycles. The zero-order chi connectivity index (χ0) is 12.8. The molecule has 0 aliphatic rings. The van der Waals surface area contributed by atoms with Gasteiger partial charge in [-0.25, -0.2) is 0 Å². The first-order valence-corrected chi connectivity index (χ1v) is 4.80. The molecule has 0 aromatic heterocycles. The third-order valence-electron chi connectivity index (χ3n) is 2.19. The van der Waals surface area contributed by atoms with Gasteiger partial charge in [-0.3, -0.25) is 4.79 Å². The fraction of sp³-hybridized carbons (Fsp3) is 0.364. The van der Waals surface area contributed by atoms with Gasteiger partial charge >= 0.3 is 0 Å². The van der Waals surface area contributed by atoms with Crippen molar-refractivity contribution >= 4 is 5.78 Å². The molecular formula is C11H13NO5. The second-order valence-corrected chi connectivity index (χ2v) is 3.12. The number of Topliss-reactive ketones (excluding diaryl/α,β-unsaturated/α-hetero) is 1. The molecular weight excluding hydrogens is 226 g/mol. The van der Waals surface area contributed by atoms with Gasteiger partial charge in [0.05, 0.1) is 21.3 Å². The molecule has 0 bridgehead atoms. The molecule has 92 valence electrons. The van der Waals surface area contributed by atoms with Crippen molar-refractivity contribution < 1.29 is 19.0 Å². The monoisotopic (exact) mass is 239 g/mol. The van der Waals surface area contributed by atoms with Gasteiger partial charge in [-0.2, -0.15) is 4.91 Å². The SMILES string of the molecule is COc1cc(C(=O)CN=O)cc(OC)c1OC. The normalized spacial score (nSPS) is 9.59. The fourth-order valence-corrected chi connectivity index (χ4v) is 1.39. The summed E-state index contributed by atoms with van der Waals surface area (Å²) in [7, 11) is 4.36. The molecule has 0 radical (unpaired) electrons. The summed E-state index contributed by atoms with van der Waals surface area (Å²) in [5.74, 6) is 0.715. The maximum Gasteiger partial charge on any atom is 0.203 e. The number of hydrogen-bond donors (Lipinski definition) is 0. The number of hydrogen-bond acceptors (Lipinski definition) is 6. The van der Waals surface area contributed by atoms with Crippen molar-refractivity contribution in [2.75, 3.05) is 27.9 Å². The Morgan fingerprint density at radius 1 is 1.12 bits per heavy atom. The Hall–Kier alpha value is -2.11. The summed E-state index contributed by atoms with van der Waals surface area (Å²) in [6.45, 7) is -0.418. The van der Waals surface area contributed by atoms with Gasteiger partial charge < -0.3 is 14.2 Å². The Bertz CT molecular complexity index is 405. The third-order valence-corrected chi connectivity index (χ3v) is 2.19. The van der Waals surface area contributed by atoms with Crippen LogP contribution in [0.5, 0.6) is 17.2 Å². The topological polar surface area (TPSA) is 74.2 Å². The number of ether oxygens (including phenoxy) is 3. The maximum absolute atomic E-state index is 11.5. The van der Waals surface area contributed by atoms with E-state index in [2.05, 4.69) is 5.18 Å². The van der Waals surface area contributed by atoms with Crippen LogP contribution in [0, 0.1) is 4.91 Å². The minimum absolute atomic E-state index is 0.291. The van der Waals surface area contributed by atoms with Gasteiger partial charge in [0.1, 0.15) is 6.54 Å². The smallest absolute Gasteiger partial charge is 0.203 e. The second-order valence-electron chi connectivity index (χ2n) is 3.12. The molecule has 0 spiro atoms. The van der Waals surface area contributed by atoms with Crippen molar-refractivity contribution in [1.82, 2.24) is 0 Å². The van der Waals surface area contributed by atoms with Crippen LogP contribution in [-0.2, 0) is 0 Å². The first-order valence-electron chi connectivity index (χ1n) is 4.80. The maximum atomic E-state index is 11.5. The van der Waals surface area contributed by atoms with E-state index in [1.54, 1.807) is 0 Å². The number of nitroso groups, excluding NO2 is 1. The number of carbonyl (C=O) groups is 1. The van der Waals surface area contributed by atoms with E-state index in [1.807, 2.05) is 0 Å². The highest BCUT2D eigenvalue weighted by atomic mass is 16.5. The van der Waals surface area contributed by atoms with Gasteiger partial charge in [0.15, 0.2) is 17.3 Å². The van der Waals surface area contributed by atoms with Crippen molar-refractivity contribution in [1.29, 1.82) is 0 Å². The number of benzene rings is 1. The quantitative estimate of drug-likeness (QED) is 0.557. The van der Waals surface area contributed by atoms with Gasteiger partial charge in [-0.1, -0.05) is 5.18 Å². The van der Waals surface area contributed by atoms with Crippen LogP contribution in [0.1, 0.15) is 10.4 Å². The van der Waals surface area contributed by atoms with Crippen LogP contribution in [0.2, 0.25) is 0 Å². The standard InChI is InChI=1S/C11H13NO5/c1-15-9-4-7(8(13)6-12-14)5-10(16-2)11(9)17-3/h4-5H,6H2,1-3H3. The van der Waals surface area contributed by atoms with E-state index < -0.39 is 12.3 Å². The summed E-state index contributed by atoms with van der Waals surface area (Å²) < 4.78 is 15.3. The molecule has 6 heteroatoms. The number of methoxy groups -OCH3 is 3. The second kappa shape index (κ2) is 5.83.